The van der Waals surface area contributed by atoms with Gasteiger partial charge in [-0.2, -0.15) is 0 Å². The zero-order valence-corrected chi connectivity index (χ0v) is 7.16. The first-order chi connectivity index (χ1) is 5.93. The summed E-state index contributed by atoms with van der Waals surface area (Å²) in [4.78, 5) is 5.12. The van der Waals surface area contributed by atoms with Gasteiger partial charge in [0.25, 0.3) is 0 Å². The summed E-state index contributed by atoms with van der Waals surface area (Å²) in [6, 6.07) is 10.0. The molecule has 64 valence electrons. The van der Waals surface area contributed by atoms with Crippen molar-refractivity contribution in [3.63, 3.8) is 0 Å². The van der Waals surface area contributed by atoms with E-state index in [2.05, 4.69) is 5.48 Å². The highest BCUT2D eigenvalue weighted by molar-refractivity contribution is 5.13. The van der Waals surface area contributed by atoms with Crippen LogP contribution in [-0.2, 0) is 11.4 Å². The van der Waals surface area contributed by atoms with Gasteiger partial charge in [-0.25, -0.2) is 0 Å². The SMILES string of the molecule is C/C=C/NOCc1ccccc1. The van der Waals surface area contributed by atoms with Gasteiger partial charge >= 0.3 is 0 Å². The summed E-state index contributed by atoms with van der Waals surface area (Å²) >= 11 is 0. The Morgan fingerprint density at radius 1 is 1.33 bits per heavy atom. The van der Waals surface area contributed by atoms with E-state index in [1.165, 1.54) is 0 Å². The summed E-state index contributed by atoms with van der Waals surface area (Å²) in [5.41, 5.74) is 3.86. The number of hydroxylamine groups is 1. The second-order valence-corrected chi connectivity index (χ2v) is 2.39. The van der Waals surface area contributed by atoms with Crippen LogP contribution in [0.2, 0.25) is 0 Å². The Labute approximate surface area is 72.8 Å². The smallest absolute Gasteiger partial charge is 0.0996 e. The van der Waals surface area contributed by atoms with E-state index in [1.54, 1.807) is 6.20 Å². The quantitative estimate of drug-likeness (QED) is 0.543. The number of nitrogens with one attached hydrogen (secondary N) is 1. The summed E-state index contributed by atoms with van der Waals surface area (Å²) in [7, 11) is 0. The van der Waals surface area contributed by atoms with Crippen LogP contribution in [0, 0.1) is 0 Å². The molecule has 0 aromatic heterocycles. The summed E-state index contributed by atoms with van der Waals surface area (Å²) in [5, 5.41) is 0. The maximum atomic E-state index is 5.12. The first-order valence-corrected chi connectivity index (χ1v) is 3.96. The monoisotopic (exact) mass is 163 g/mol. The lowest BCUT2D eigenvalue weighted by Gasteiger charge is -2.01. The van der Waals surface area contributed by atoms with Crippen molar-refractivity contribution in [1.29, 1.82) is 0 Å². The molecular formula is C10H13NO. The molecule has 0 amide bonds. The van der Waals surface area contributed by atoms with E-state index in [0.717, 1.165) is 5.56 Å². The molecule has 0 aliphatic rings. The van der Waals surface area contributed by atoms with Crippen LogP contribution in [0.1, 0.15) is 12.5 Å². The Hall–Kier alpha value is -1.28. The topological polar surface area (TPSA) is 21.3 Å². The molecule has 2 nitrogen and oxygen atoms in total. The Bertz CT molecular complexity index is 231. The Kier molecular flexibility index (Phi) is 3.95. The minimum atomic E-state index is 0.588. The van der Waals surface area contributed by atoms with Crippen LogP contribution in [0.5, 0.6) is 0 Å². The molecule has 1 rings (SSSR count). The summed E-state index contributed by atoms with van der Waals surface area (Å²) < 4.78 is 0. The molecule has 0 unspecified atom stereocenters. The first kappa shape index (κ1) is 8.81. The van der Waals surface area contributed by atoms with Crippen LogP contribution < -0.4 is 5.48 Å². The van der Waals surface area contributed by atoms with E-state index in [9.17, 15) is 0 Å². The van der Waals surface area contributed by atoms with Crippen LogP contribution in [0.4, 0.5) is 0 Å². The molecule has 1 aromatic carbocycles. The normalized spacial score (nSPS) is 10.4. The lowest BCUT2D eigenvalue weighted by molar-refractivity contribution is 0.0575. The van der Waals surface area contributed by atoms with Gasteiger partial charge in [-0.1, -0.05) is 36.4 Å². The highest BCUT2D eigenvalue weighted by atomic mass is 16.6. The van der Waals surface area contributed by atoms with Crippen molar-refractivity contribution < 1.29 is 4.84 Å². The first-order valence-electron chi connectivity index (χ1n) is 3.96. The van der Waals surface area contributed by atoms with Crippen LogP contribution in [-0.4, -0.2) is 0 Å². The maximum absolute atomic E-state index is 5.12. The van der Waals surface area contributed by atoms with Crippen molar-refractivity contribution in [3.05, 3.63) is 48.2 Å². The van der Waals surface area contributed by atoms with Gasteiger partial charge in [0.15, 0.2) is 0 Å². The van der Waals surface area contributed by atoms with Crippen molar-refractivity contribution in [2.75, 3.05) is 0 Å². The Balaban J connectivity index is 2.24. The van der Waals surface area contributed by atoms with Crippen LogP contribution in [0.15, 0.2) is 42.6 Å². The lowest BCUT2D eigenvalue weighted by Crippen LogP contribution is -2.05. The molecule has 12 heavy (non-hydrogen) atoms. The van der Waals surface area contributed by atoms with Gasteiger partial charge in [0.1, 0.15) is 0 Å². The fraction of sp³-hybridized carbons (Fsp3) is 0.200. The van der Waals surface area contributed by atoms with E-state index < -0.39 is 0 Å². The van der Waals surface area contributed by atoms with E-state index in [-0.39, 0.29) is 0 Å². The molecule has 0 bridgehead atoms. The number of rotatable bonds is 4. The molecule has 1 aromatic rings. The molecule has 0 aliphatic heterocycles. The molecule has 0 spiro atoms. The van der Waals surface area contributed by atoms with Gasteiger partial charge in [-0.05, 0) is 12.5 Å². The highest BCUT2D eigenvalue weighted by Gasteiger charge is 1.87. The van der Waals surface area contributed by atoms with Crippen molar-refractivity contribution in [2.24, 2.45) is 0 Å². The zero-order chi connectivity index (χ0) is 8.65. The molecule has 0 saturated heterocycles. The minimum Gasteiger partial charge on any atom is -0.274 e. The summed E-state index contributed by atoms with van der Waals surface area (Å²) in [5.74, 6) is 0. The predicted octanol–water partition coefficient (Wildman–Crippen LogP) is 2.24. The second-order valence-electron chi connectivity index (χ2n) is 2.39. The molecule has 0 atom stereocenters. The molecule has 0 saturated carbocycles. The number of hydrogen-bond donors (Lipinski definition) is 1. The van der Waals surface area contributed by atoms with Crippen molar-refractivity contribution in [3.8, 4) is 0 Å². The molecule has 0 heterocycles. The van der Waals surface area contributed by atoms with E-state index in [4.69, 9.17) is 4.84 Å². The van der Waals surface area contributed by atoms with Gasteiger partial charge in [0.2, 0.25) is 0 Å². The standard InChI is InChI=1S/C10H13NO/c1-2-8-11-12-9-10-6-4-3-5-7-10/h2-8,11H,9H2,1H3/b8-2+. The molecule has 0 aliphatic carbocycles. The molecule has 0 fully saturated rings. The largest absolute Gasteiger partial charge is 0.274 e. The fourth-order valence-corrected chi connectivity index (χ4v) is 0.815. The Morgan fingerprint density at radius 3 is 2.75 bits per heavy atom. The van der Waals surface area contributed by atoms with Crippen molar-refractivity contribution >= 4 is 0 Å². The van der Waals surface area contributed by atoms with Crippen LogP contribution >= 0.6 is 0 Å². The minimum absolute atomic E-state index is 0.588. The number of benzene rings is 1. The third-order valence-corrected chi connectivity index (χ3v) is 1.40. The molecule has 2 heteroatoms. The summed E-state index contributed by atoms with van der Waals surface area (Å²) in [6.45, 7) is 2.52. The average molecular weight is 163 g/mol. The van der Waals surface area contributed by atoms with Gasteiger partial charge < -0.3 is 0 Å². The number of allylic oxidation sites excluding steroid dienone is 1. The molecular weight excluding hydrogens is 150 g/mol. The average Bonchev–Trinajstić information content (AvgIpc) is 2.14. The second kappa shape index (κ2) is 5.38. The van der Waals surface area contributed by atoms with E-state index >= 15 is 0 Å². The van der Waals surface area contributed by atoms with E-state index in [0.29, 0.717) is 6.61 Å². The van der Waals surface area contributed by atoms with Crippen molar-refractivity contribution in [1.82, 2.24) is 5.48 Å². The van der Waals surface area contributed by atoms with Gasteiger partial charge in [-0.15, -0.1) is 0 Å². The zero-order valence-electron chi connectivity index (χ0n) is 7.16. The third-order valence-electron chi connectivity index (χ3n) is 1.40. The summed E-state index contributed by atoms with van der Waals surface area (Å²) in [6.07, 6.45) is 3.63. The third kappa shape index (κ3) is 3.21. The van der Waals surface area contributed by atoms with E-state index in [1.807, 2.05) is 43.3 Å². The highest BCUT2D eigenvalue weighted by Crippen LogP contribution is 1.98. The van der Waals surface area contributed by atoms with Crippen LogP contribution in [0.3, 0.4) is 0 Å². The fourth-order valence-electron chi connectivity index (χ4n) is 0.815. The van der Waals surface area contributed by atoms with Gasteiger partial charge in [-0.3, -0.25) is 10.3 Å². The van der Waals surface area contributed by atoms with Crippen LogP contribution in [0.25, 0.3) is 0 Å². The lowest BCUT2D eigenvalue weighted by atomic mass is 10.2. The Morgan fingerprint density at radius 2 is 2.08 bits per heavy atom. The van der Waals surface area contributed by atoms with Gasteiger partial charge in [0.05, 0.1) is 6.61 Å². The molecule has 0 radical (unpaired) electrons. The predicted molar refractivity (Wildman–Crippen MR) is 49.2 cm³/mol. The van der Waals surface area contributed by atoms with Crippen molar-refractivity contribution in [2.45, 2.75) is 13.5 Å². The number of hydrogen-bond acceptors (Lipinski definition) is 2. The van der Waals surface area contributed by atoms with Gasteiger partial charge in [0, 0.05) is 6.20 Å². The molecule has 1 N–H and O–H groups in total. The maximum Gasteiger partial charge on any atom is 0.0996 e.